The fraction of sp³-hybridized carbons (Fsp3) is 0.294. The molecule has 0 bridgehead atoms. The Balaban J connectivity index is 1.81. The number of aromatic nitrogens is 5. The molecule has 1 aliphatic heterocycles. The van der Waals surface area contributed by atoms with Gasteiger partial charge in [-0.1, -0.05) is 6.42 Å². The summed E-state index contributed by atoms with van der Waals surface area (Å²) in [5, 5.41) is 18.2. The van der Waals surface area contributed by atoms with Crippen molar-refractivity contribution in [1.29, 1.82) is 5.26 Å². The van der Waals surface area contributed by atoms with Crippen molar-refractivity contribution in [2.24, 2.45) is 0 Å². The molecule has 0 N–H and O–H groups in total. The van der Waals surface area contributed by atoms with Gasteiger partial charge in [0.05, 0.1) is 17.5 Å². The monoisotopic (exact) mass is 382 g/mol. The molecule has 4 rings (SSSR count). The third-order valence-electron chi connectivity index (χ3n) is 4.26. The van der Waals surface area contributed by atoms with Crippen LogP contribution in [0.4, 0.5) is 0 Å². The van der Waals surface area contributed by atoms with E-state index in [0.29, 0.717) is 11.4 Å². The first kappa shape index (κ1) is 15.1. The van der Waals surface area contributed by atoms with Gasteiger partial charge in [0.1, 0.15) is 17.5 Å². The zero-order chi connectivity index (χ0) is 16.5. The van der Waals surface area contributed by atoms with Gasteiger partial charge >= 0.3 is 0 Å². The van der Waals surface area contributed by atoms with Crippen LogP contribution in [0.3, 0.4) is 0 Å². The second kappa shape index (κ2) is 6.21. The van der Waals surface area contributed by atoms with Crippen LogP contribution in [0.25, 0.3) is 17.3 Å². The number of aryl methyl sites for hydroxylation is 1. The van der Waals surface area contributed by atoms with Gasteiger partial charge in [-0.05, 0) is 47.0 Å². The van der Waals surface area contributed by atoms with E-state index < -0.39 is 0 Å². The molecule has 120 valence electrons. The first-order chi connectivity index (χ1) is 11.8. The molecule has 0 spiro atoms. The van der Waals surface area contributed by atoms with Crippen LogP contribution in [0.2, 0.25) is 0 Å². The summed E-state index contributed by atoms with van der Waals surface area (Å²) in [7, 11) is 0. The zero-order valence-corrected chi connectivity index (χ0v) is 14.6. The Bertz CT molecular complexity index is 975. The standard InChI is InChI=1S/C17H15BrN6/c18-13-5-6-15-20-10-14(24(15)11-13)8-12(9-19)17-22-21-16-4-2-1-3-7-23(16)17/h5-6,8,10-11H,1-4,7H2/b12-8-. The topological polar surface area (TPSA) is 71.8 Å². The molecule has 0 amide bonds. The maximum atomic E-state index is 9.66. The number of hydrogen-bond acceptors (Lipinski definition) is 4. The van der Waals surface area contributed by atoms with Crippen molar-refractivity contribution in [2.45, 2.75) is 32.2 Å². The molecule has 3 aromatic rings. The SMILES string of the molecule is N#C/C(=C/c1cnc2ccc(Br)cn12)c1nnc2n1CCCCC2. The van der Waals surface area contributed by atoms with Crippen LogP contribution in [0, 0.1) is 11.3 Å². The van der Waals surface area contributed by atoms with Gasteiger partial charge in [-0.3, -0.25) is 4.40 Å². The zero-order valence-electron chi connectivity index (χ0n) is 13.0. The van der Waals surface area contributed by atoms with E-state index in [-0.39, 0.29) is 0 Å². The van der Waals surface area contributed by atoms with Crippen molar-refractivity contribution in [2.75, 3.05) is 0 Å². The van der Waals surface area contributed by atoms with Crippen LogP contribution < -0.4 is 0 Å². The number of imidazole rings is 1. The Kier molecular flexibility index (Phi) is 3.90. The molecule has 0 saturated carbocycles. The van der Waals surface area contributed by atoms with E-state index >= 15 is 0 Å². The second-order valence-electron chi connectivity index (χ2n) is 5.83. The molecule has 0 aliphatic carbocycles. The highest BCUT2D eigenvalue weighted by atomic mass is 79.9. The smallest absolute Gasteiger partial charge is 0.174 e. The van der Waals surface area contributed by atoms with E-state index in [9.17, 15) is 5.26 Å². The van der Waals surface area contributed by atoms with Gasteiger partial charge in [-0.2, -0.15) is 5.26 Å². The van der Waals surface area contributed by atoms with E-state index in [1.54, 1.807) is 6.20 Å². The second-order valence-corrected chi connectivity index (χ2v) is 6.75. The summed E-state index contributed by atoms with van der Waals surface area (Å²) in [5.41, 5.74) is 2.19. The van der Waals surface area contributed by atoms with Gasteiger partial charge in [0.2, 0.25) is 0 Å². The van der Waals surface area contributed by atoms with Gasteiger partial charge in [0.25, 0.3) is 0 Å². The summed E-state index contributed by atoms with van der Waals surface area (Å²) in [6.45, 7) is 0.870. The lowest BCUT2D eigenvalue weighted by Crippen LogP contribution is -2.05. The third kappa shape index (κ3) is 2.63. The number of nitriles is 1. The van der Waals surface area contributed by atoms with Crippen LogP contribution in [0.1, 0.15) is 36.6 Å². The van der Waals surface area contributed by atoms with Crippen LogP contribution in [0.5, 0.6) is 0 Å². The third-order valence-corrected chi connectivity index (χ3v) is 4.73. The minimum absolute atomic E-state index is 0.512. The van der Waals surface area contributed by atoms with Crippen molar-refractivity contribution in [1.82, 2.24) is 24.1 Å². The molecular formula is C17H15BrN6. The lowest BCUT2D eigenvalue weighted by molar-refractivity contribution is 0.627. The fourth-order valence-corrected chi connectivity index (χ4v) is 3.40. The fourth-order valence-electron chi connectivity index (χ4n) is 3.06. The Morgan fingerprint density at radius 3 is 3.04 bits per heavy atom. The molecule has 24 heavy (non-hydrogen) atoms. The quantitative estimate of drug-likeness (QED) is 0.636. The highest BCUT2D eigenvalue weighted by molar-refractivity contribution is 9.10. The maximum absolute atomic E-state index is 9.66. The van der Waals surface area contributed by atoms with Gasteiger partial charge in [-0.15, -0.1) is 10.2 Å². The largest absolute Gasteiger partial charge is 0.310 e. The minimum atomic E-state index is 0.512. The Morgan fingerprint density at radius 2 is 2.17 bits per heavy atom. The Hall–Kier alpha value is -2.46. The predicted molar refractivity (Wildman–Crippen MR) is 94.0 cm³/mol. The predicted octanol–water partition coefficient (Wildman–Crippen LogP) is 3.48. The molecule has 0 unspecified atom stereocenters. The van der Waals surface area contributed by atoms with E-state index in [0.717, 1.165) is 47.4 Å². The normalized spacial score (nSPS) is 15.1. The molecule has 1 aliphatic rings. The first-order valence-corrected chi connectivity index (χ1v) is 8.72. The van der Waals surface area contributed by atoms with Gasteiger partial charge in [0, 0.05) is 23.6 Å². The summed E-state index contributed by atoms with van der Waals surface area (Å²) < 4.78 is 4.99. The van der Waals surface area contributed by atoms with Gasteiger partial charge < -0.3 is 4.57 Å². The van der Waals surface area contributed by atoms with E-state index in [4.69, 9.17) is 0 Å². The number of allylic oxidation sites excluding steroid dienone is 1. The average molecular weight is 383 g/mol. The van der Waals surface area contributed by atoms with E-state index in [1.807, 2.05) is 28.8 Å². The highest BCUT2D eigenvalue weighted by Gasteiger charge is 2.18. The van der Waals surface area contributed by atoms with Crippen molar-refractivity contribution >= 4 is 33.2 Å². The number of pyridine rings is 1. The molecule has 0 saturated heterocycles. The van der Waals surface area contributed by atoms with Gasteiger partial charge in [0.15, 0.2) is 5.82 Å². The number of hydrogen-bond donors (Lipinski definition) is 0. The van der Waals surface area contributed by atoms with Crippen LogP contribution in [0.15, 0.2) is 29.0 Å². The van der Waals surface area contributed by atoms with Crippen molar-refractivity contribution in [3.63, 3.8) is 0 Å². The van der Waals surface area contributed by atoms with Crippen LogP contribution >= 0.6 is 15.9 Å². The summed E-state index contributed by atoms with van der Waals surface area (Å²) in [4.78, 5) is 4.38. The van der Waals surface area contributed by atoms with E-state index in [1.165, 1.54) is 6.42 Å². The van der Waals surface area contributed by atoms with E-state index in [2.05, 4.69) is 41.7 Å². The molecule has 0 atom stereocenters. The lowest BCUT2D eigenvalue weighted by atomic mass is 10.2. The Morgan fingerprint density at radius 1 is 1.25 bits per heavy atom. The lowest BCUT2D eigenvalue weighted by Gasteiger charge is -2.05. The minimum Gasteiger partial charge on any atom is -0.310 e. The summed E-state index contributed by atoms with van der Waals surface area (Å²) in [6, 6.07) is 6.15. The highest BCUT2D eigenvalue weighted by Crippen LogP contribution is 2.22. The molecular weight excluding hydrogens is 368 g/mol. The molecule has 4 heterocycles. The van der Waals surface area contributed by atoms with Crippen molar-refractivity contribution in [3.8, 4) is 6.07 Å². The molecule has 0 fully saturated rings. The summed E-state index contributed by atoms with van der Waals surface area (Å²) >= 11 is 3.47. The van der Waals surface area contributed by atoms with Crippen molar-refractivity contribution < 1.29 is 0 Å². The van der Waals surface area contributed by atoms with Crippen LogP contribution in [-0.2, 0) is 13.0 Å². The molecule has 0 radical (unpaired) electrons. The number of fused-ring (bicyclic) bond motifs is 2. The number of rotatable bonds is 2. The molecule has 0 aromatic carbocycles. The average Bonchev–Trinajstić information content (AvgIpc) is 3.09. The maximum Gasteiger partial charge on any atom is 0.174 e. The number of halogens is 1. The molecule has 3 aromatic heterocycles. The van der Waals surface area contributed by atoms with Crippen molar-refractivity contribution in [3.05, 3.63) is 46.3 Å². The molecule has 7 heteroatoms. The van der Waals surface area contributed by atoms with Crippen LogP contribution in [-0.4, -0.2) is 24.1 Å². The van der Waals surface area contributed by atoms with Gasteiger partial charge in [-0.25, -0.2) is 4.98 Å². The number of nitrogens with zero attached hydrogens (tertiary/aromatic N) is 6. The Labute approximate surface area is 147 Å². The summed E-state index contributed by atoms with van der Waals surface area (Å²) in [5.74, 6) is 1.63. The molecule has 6 nitrogen and oxygen atoms in total. The summed E-state index contributed by atoms with van der Waals surface area (Å²) in [6.07, 6.45) is 9.87. The first-order valence-electron chi connectivity index (χ1n) is 7.93.